The minimum atomic E-state index is -3.91. The molecule has 1 aliphatic heterocycles. The van der Waals surface area contributed by atoms with E-state index in [1.807, 2.05) is 6.92 Å². The lowest BCUT2D eigenvalue weighted by Gasteiger charge is -2.28. The number of nitrogens with zero attached hydrogens (tertiary/aromatic N) is 2. The van der Waals surface area contributed by atoms with Crippen LogP contribution in [0.3, 0.4) is 0 Å². The maximum atomic E-state index is 13.3. The summed E-state index contributed by atoms with van der Waals surface area (Å²) in [6, 6.07) is 13.5. The van der Waals surface area contributed by atoms with E-state index in [1.54, 1.807) is 36.4 Å². The van der Waals surface area contributed by atoms with Crippen molar-refractivity contribution in [2.24, 2.45) is 0 Å². The first-order valence-corrected chi connectivity index (χ1v) is 13.1. The van der Waals surface area contributed by atoms with Crippen molar-refractivity contribution in [3.63, 3.8) is 0 Å². The minimum Gasteiger partial charge on any atom is -0.314 e. The number of hydrogen-bond acceptors (Lipinski definition) is 5. The third kappa shape index (κ3) is 5.60. The summed E-state index contributed by atoms with van der Waals surface area (Å²) in [6.07, 6.45) is 0. The zero-order valence-electron chi connectivity index (χ0n) is 16.8. The third-order valence-electron chi connectivity index (χ3n) is 5.03. The Bertz CT molecular complexity index is 1070. The second-order valence-electron chi connectivity index (χ2n) is 7.21. The average Bonchev–Trinajstić information content (AvgIpc) is 2.73. The molecule has 1 heterocycles. The largest absolute Gasteiger partial charge is 0.314 e. The molecule has 7 nitrogen and oxygen atoms in total. The van der Waals surface area contributed by atoms with E-state index >= 15 is 0 Å². The summed E-state index contributed by atoms with van der Waals surface area (Å²) in [6.45, 7) is 3.65. The molecular formula is C20H26ClN3O4S2. The molecule has 0 spiro atoms. The summed E-state index contributed by atoms with van der Waals surface area (Å²) in [7, 11) is -7.48. The molecule has 10 heteroatoms. The number of piperazine rings is 1. The van der Waals surface area contributed by atoms with Gasteiger partial charge in [-0.1, -0.05) is 47.5 Å². The van der Waals surface area contributed by atoms with Gasteiger partial charge in [-0.3, -0.25) is 0 Å². The second-order valence-corrected chi connectivity index (χ2v) is 11.6. The van der Waals surface area contributed by atoms with Crippen molar-refractivity contribution < 1.29 is 16.8 Å². The summed E-state index contributed by atoms with van der Waals surface area (Å²) in [5.74, 6) is -0.289. The molecular weight excluding hydrogens is 446 g/mol. The lowest BCUT2D eigenvalue weighted by molar-refractivity contribution is 0.355. The maximum absolute atomic E-state index is 13.3. The Morgan fingerprint density at radius 1 is 1.00 bits per heavy atom. The number of aryl methyl sites for hydroxylation is 1. The number of nitrogens with one attached hydrogen (secondary N) is 1. The van der Waals surface area contributed by atoms with Gasteiger partial charge in [0.1, 0.15) is 0 Å². The van der Waals surface area contributed by atoms with Crippen LogP contribution in [0.25, 0.3) is 0 Å². The first-order chi connectivity index (χ1) is 14.2. The lowest BCUT2D eigenvalue weighted by Crippen LogP contribution is -2.48. The molecule has 0 radical (unpaired) electrons. The number of benzene rings is 2. The average molecular weight is 472 g/mol. The number of rotatable bonds is 8. The highest BCUT2D eigenvalue weighted by atomic mass is 35.5. The molecule has 0 unspecified atom stereocenters. The summed E-state index contributed by atoms with van der Waals surface area (Å²) in [5.41, 5.74) is 1.56. The molecule has 0 atom stereocenters. The van der Waals surface area contributed by atoms with Gasteiger partial charge in [0.2, 0.25) is 20.0 Å². The van der Waals surface area contributed by atoms with E-state index in [9.17, 15) is 16.8 Å². The van der Waals surface area contributed by atoms with E-state index in [2.05, 4.69) is 5.32 Å². The van der Waals surface area contributed by atoms with Crippen LogP contribution in [0, 0.1) is 6.92 Å². The van der Waals surface area contributed by atoms with Crippen molar-refractivity contribution in [3.05, 3.63) is 64.7 Å². The summed E-state index contributed by atoms with van der Waals surface area (Å²) < 4.78 is 54.8. The van der Waals surface area contributed by atoms with Crippen molar-refractivity contribution >= 4 is 31.6 Å². The highest BCUT2D eigenvalue weighted by molar-refractivity contribution is 7.90. The highest BCUT2D eigenvalue weighted by Crippen LogP contribution is 2.23. The molecule has 3 rings (SSSR count). The summed E-state index contributed by atoms with van der Waals surface area (Å²) in [5, 5.41) is 3.55. The number of hydrogen-bond donors (Lipinski definition) is 1. The van der Waals surface area contributed by atoms with Gasteiger partial charge in [-0.15, -0.1) is 0 Å². The van der Waals surface area contributed by atoms with Crippen LogP contribution < -0.4 is 5.32 Å². The molecule has 30 heavy (non-hydrogen) atoms. The second kappa shape index (κ2) is 9.76. The number of sulfonamides is 2. The Morgan fingerprint density at radius 2 is 1.63 bits per heavy atom. The normalized spacial score (nSPS) is 16.1. The van der Waals surface area contributed by atoms with Gasteiger partial charge in [0, 0.05) is 44.3 Å². The molecule has 0 bridgehead atoms. The van der Waals surface area contributed by atoms with E-state index in [0.29, 0.717) is 36.8 Å². The standard InChI is InChI=1S/C20H26ClN3O4S2/c1-17-6-8-19(9-7-17)30(27,28)24(16-18-4-2-3-5-20(18)21)14-15-29(25,26)23-12-10-22-11-13-23/h2-9,22H,10-16H2,1H3. The van der Waals surface area contributed by atoms with Crippen LogP contribution in [0.1, 0.15) is 11.1 Å². The quantitative estimate of drug-likeness (QED) is 0.637. The van der Waals surface area contributed by atoms with Crippen molar-refractivity contribution in [1.29, 1.82) is 0 Å². The molecule has 1 N–H and O–H groups in total. The summed E-state index contributed by atoms with van der Waals surface area (Å²) >= 11 is 6.24. The van der Waals surface area contributed by atoms with Crippen LogP contribution in [0.4, 0.5) is 0 Å². The number of halogens is 1. The fraction of sp³-hybridized carbons (Fsp3) is 0.400. The molecule has 0 aromatic heterocycles. The first-order valence-electron chi connectivity index (χ1n) is 9.69. The highest BCUT2D eigenvalue weighted by Gasteiger charge is 2.29. The van der Waals surface area contributed by atoms with Gasteiger partial charge < -0.3 is 5.32 Å². The van der Waals surface area contributed by atoms with Gasteiger partial charge in [0.05, 0.1) is 10.6 Å². The molecule has 164 valence electrons. The lowest BCUT2D eigenvalue weighted by atomic mass is 10.2. The third-order valence-corrected chi connectivity index (χ3v) is 9.11. The Hall–Kier alpha value is -1.49. The first kappa shape index (κ1) is 23.2. The predicted octanol–water partition coefficient (Wildman–Crippen LogP) is 2.07. The molecule has 1 aliphatic rings. The molecule has 0 saturated carbocycles. The van der Waals surface area contributed by atoms with Crippen LogP contribution in [-0.2, 0) is 26.6 Å². The smallest absolute Gasteiger partial charge is 0.243 e. The van der Waals surface area contributed by atoms with Crippen LogP contribution in [-0.4, -0.2) is 63.9 Å². The maximum Gasteiger partial charge on any atom is 0.243 e. The fourth-order valence-electron chi connectivity index (χ4n) is 3.23. The zero-order chi connectivity index (χ0) is 21.8. The van der Waals surface area contributed by atoms with Gasteiger partial charge in [0.15, 0.2) is 0 Å². The summed E-state index contributed by atoms with van der Waals surface area (Å²) in [4.78, 5) is 0.125. The molecule has 1 saturated heterocycles. The minimum absolute atomic E-state index is 0.00699. The molecule has 0 amide bonds. The van der Waals surface area contributed by atoms with E-state index in [-0.39, 0.29) is 23.7 Å². The SMILES string of the molecule is Cc1ccc(S(=O)(=O)N(CCS(=O)(=O)N2CCNCC2)Cc2ccccc2Cl)cc1. The van der Waals surface area contributed by atoms with Gasteiger partial charge in [-0.05, 0) is 30.7 Å². The molecule has 0 aliphatic carbocycles. The van der Waals surface area contributed by atoms with Crippen molar-refractivity contribution in [2.75, 3.05) is 38.5 Å². The molecule has 2 aromatic rings. The van der Waals surface area contributed by atoms with Crippen LogP contribution in [0.5, 0.6) is 0 Å². The predicted molar refractivity (Wildman–Crippen MR) is 118 cm³/mol. The van der Waals surface area contributed by atoms with Crippen molar-refractivity contribution in [1.82, 2.24) is 13.9 Å². The van der Waals surface area contributed by atoms with Gasteiger partial charge in [-0.2, -0.15) is 8.61 Å². The van der Waals surface area contributed by atoms with Gasteiger partial charge >= 0.3 is 0 Å². The van der Waals surface area contributed by atoms with E-state index in [1.165, 1.54) is 20.7 Å². The Morgan fingerprint density at radius 3 is 2.27 bits per heavy atom. The van der Waals surface area contributed by atoms with Crippen LogP contribution in [0.15, 0.2) is 53.4 Å². The van der Waals surface area contributed by atoms with Crippen molar-refractivity contribution in [3.8, 4) is 0 Å². The van der Waals surface area contributed by atoms with Crippen LogP contribution in [0.2, 0.25) is 5.02 Å². The Kier molecular flexibility index (Phi) is 7.54. The van der Waals surface area contributed by atoms with Gasteiger partial charge in [0.25, 0.3) is 0 Å². The molecule has 2 aromatic carbocycles. The topological polar surface area (TPSA) is 86.8 Å². The van der Waals surface area contributed by atoms with Crippen LogP contribution >= 0.6 is 11.6 Å². The Labute approximate surface area is 183 Å². The van der Waals surface area contributed by atoms with Gasteiger partial charge in [-0.25, -0.2) is 16.8 Å². The van der Waals surface area contributed by atoms with E-state index in [0.717, 1.165) is 5.56 Å². The fourth-order valence-corrected chi connectivity index (χ4v) is 6.41. The zero-order valence-corrected chi connectivity index (χ0v) is 19.2. The van der Waals surface area contributed by atoms with Crippen molar-refractivity contribution in [2.45, 2.75) is 18.4 Å². The molecule has 1 fully saturated rings. The van der Waals surface area contributed by atoms with E-state index < -0.39 is 20.0 Å². The Balaban J connectivity index is 1.87. The monoisotopic (exact) mass is 471 g/mol. The van der Waals surface area contributed by atoms with E-state index in [4.69, 9.17) is 11.6 Å².